The van der Waals surface area contributed by atoms with Crippen LogP contribution in [0.15, 0.2) is 29.8 Å². The van der Waals surface area contributed by atoms with Crippen molar-refractivity contribution >= 4 is 59.8 Å². The van der Waals surface area contributed by atoms with Crippen molar-refractivity contribution in [3.63, 3.8) is 0 Å². The van der Waals surface area contributed by atoms with E-state index in [4.69, 9.17) is 35.1 Å². The van der Waals surface area contributed by atoms with Crippen molar-refractivity contribution in [2.45, 2.75) is 70.3 Å². The van der Waals surface area contributed by atoms with Crippen molar-refractivity contribution < 1.29 is 61.4 Å². The van der Waals surface area contributed by atoms with Crippen LogP contribution in [-0.2, 0) is 36.7 Å². The number of carbonyl (C=O) groups is 5. The molecule has 2 unspecified atom stereocenters. The van der Waals surface area contributed by atoms with E-state index >= 15 is 4.39 Å². The quantitative estimate of drug-likeness (QED) is 0.136. The Labute approximate surface area is 377 Å². The van der Waals surface area contributed by atoms with Gasteiger partial charge in [0.05, 0.1) is 50.5 Å². The molecule has 5 aliphatic rings. The van der Waals surface area contributed by atoms with Crippen LogP contribution in [0.5, 0.6) is 17.2 Å². The minimum absolute atomic E-state index is 0.0133. The first-order chi connectivity index (χ1) is 30.3. The first-order valence-electron chi connectivity index (χ1n) is 20.6. The number of piperazine rings is 1. The average Bonchev–Trinajstić information content (AvgIpc) is 3.90. The molecule has 5 amide bonds. The number of amides is 5. The van der Waals surface area contributed by atoms with E-state index in [0.717, 1.165) is 23.6 Å². The Morgan fingerprint density at radius 1 is 1.05 bits per heavy atom. The first-order valence-corrected chi connectivity index (χ1v) is 21.9. The second-order valence-electron chi connectivity index (χ2n) is 17.2. The van der Waals surface area contributed by atoms with E-state index in [1.807, 2.05) is 24.3 Å². The van der Waals surface area contributed by atoms with Gasteiger partial charge in [0.1, 0.15) is 28.2 Å². The van der Waals surface area contributed by atoms with Gasteiger partial charge in [-0.25, -0.2) is 23.4 Å². The number of hydrogen-bond donors (Lipinski definition) is 3. The number of benzene rings is 2. The number of imide groups is 1. The molecule has 3 N–H and O–H groups in total. The number of urea groups is 1. The fourth-order valence-corrected chi connectivity index (χ4v) is 10.7. The number of nitrogens with zero attached hydrogens (tertiary/aromatic N) is 4. The lowest BCUT2D eigenvalue weighted by molar-refractivity contribution is -0.199. The second kappa shape index (κ2) is 18.4. The van der Waals surface area contributed by atoms with Gasteiger partial charge in [-0.2, -0.15) is 0 Å². The van der Waals surface area contributed by atoms with Crippen LogP contribution in [0.3, 0.4) is 0 Å². The molecule has 3 saturated carbocycles. The van der Waals surface area contributed by atoms with Crippen molar-refractivity contribution in [2.75, 3.05) is 54.6 Å². The minimum Gasteiger partial charge on any atom is -0.495 e. The summed E-state index contributed by atoms with van der Waals surface area (Å²) in [7, 11) is 4.22. The molecule has 3 aliphatic carbocycles. The van der Waals surface area contributed by atoms with Crippen LogP contribution in [0.2, 0.25) is 5.02 Å². The molecule has 0 radical (unpaired) electrons. The van der Waals surface area contributed by atoms with Crippen LogP contribution in [0.25, 0.3) is 0 Å². The summed E-state index contributed by atoms with van der Waals surface area (Å²) in [6, 6.07) is 0.0923. The lowest BCUT2D eigenvalue weighted by Crippen LogP contribution is -2.65. The number of aromatic carboxylic acids is 1. The largest absolute Gasteiger partial charge is 0.495 e. The molecule has 0 spiro atoms. The summed E-state index contributed by atoms with van der Waals surface area (Å²) in [5.41, 5.74) is -1.74. The van der Waals surface area contributed by atoms with Gasteiger partial charge in [-0.05, 0) is 68.2 Å². The summed E-state index contributed by atoms with van der Waals surface area (Å²) >= 11 is 8.27. The predicted octanol–water partition coefficient (Wildman–Crippen LogP) is 4.35. The van der Waals surface area contributed by atoms with Gasteiger partial charge in [0.15, 0.2) is 17.3 Å². The fourth-order valence-electron chi connectivity index (χ4n) is 9.67. The van der Waals surface area contributed by atoms with Gasteiger partial charge in [0.25, 0.3) is 0 Å². The van der Waals surface area contributed by atoms with E-state index in [9.17, 15) is 33.5 Å². The highest BCUT2D eigenvalue weighted by Gasteiger charge is 2.68. The molecular formula is C42H50BClF2N6O11S. The third-order valence-electron chi connectivity index (χ3n) is 13.3. The van der Waals surface area contributed by atoms with E-state index < -0.39 is 77.4 Å². The molecule has 5 fully saturated rings. The number of methoxy groups -OCH3 is 3. The van der Waals surface area contributed by atoms with Crippen molar-refractivity contribution in [1.29, 1.82) is 0 Å². The molecule has 2 bridgehead atoms. The normalized spacial score (nSPS) is 23.3. The minimum atomic E-state index is -1.88. The maximum atomic E-state index is 15.8. The molecule has 64 heavy (non-hydrogen) atoms. The molecule has 2 saturated heterocycles. The van der Waals surface area contributed by atoms with Crippen molar-refractivity contribution in [2.24, 2.45) is 17.3 Å². The standard InChI is InChI=1S/C42H50BClF2N6O11S/c1-41(2)22-17-26(41)42(3)27(18-22)62-43(63-42)28(16-21-8-9-24(45)30(39(56)57)33(21)59-5)48-36(53)32(23-19-25(46)34(60-6)35(61-7)31(23)44)49-40(58)52-14-13-51(37(54)38(52)55)12-11-50(4)20-29-47-10-15-64-29/h8-10,15,19,22,26-28,32H,11-14,16-18,20H2,1-7H3,(H,48,53)(H,49,58)(H,56,57)/t22-,26-,27+,28?,32?,42-/m0/s1. The second-order valence-corrected chi connectivity index (χ2v) is 18.6. The highest BCUT2D eigenvalue weighted by molar-refractivity contribution is 7.09. The Kier molecular flexibility index (Phi) is 13.5. The molecule has 6 atom stereocenters. The molecule has 22 heteroatoms. The Balaban J connectivity index is 1.19. The predicted molar refractivity (Wildman–Crippen MR) is 228 cm³/mol. The van der Waals surface area contributed by atoms with Crippen molar-refractivity contribution in [3.05, 3.63) is 68.1 Å². The summed E-state index contributed by atoms with van der Waals surface area (Å²) in [6.07, 6.45) is 2.63. The molecular weight excluding hydrogens is 881 g/mol. The van der Waals surface area contributed by atoms with Crippen LogP contribution < -0.4 is 24.8 Å². The van der Waals surface area contributed by atoms with Crippen LogP contribution >= 0.6 is 22.9 Å². The zero-order valence-corrected chi connectivity index (χ0v) is 37.9. The highest BCUT2D eigenvalue weighted by atomic mass is 35.5. The highest BCUT2D eigenvalue weighted by Crippen LogP contribution is 2.65. The zero-order valence-electron chi connectivity index (χ0n) is 36.4. The number of halogens is 3. The number of aromatic nitrogens is 1. The number of thiazole rings is 1. The lowest BCUT2D eigenvalue weighted by Gasteiger charge is -2.64. The van der Waals surface area contributed by atoms with Crippen LogP contribution in [0, 0.1) is 28.9 Å². The Hall–Kier alpha value is -5.09. The number of hydrogen-bond acceptors (Lipinski definition) is 13. The van der Waals surface area contributed by atoms with Crippen molar-refractivity contribution in [3.8, 4) is 17.2 Å². The van der Waals surface area contributed by atoms with Crippen molar-refractivity contribution in [1.82, 2.24) is 30.3 Å². The van der Waals surface area contributed by atoms with Crippen LogP contribution in [0.1, 0.15) is 66.1 Å². The third kappa shape index (κ3) is 8.59. The smallest absolute Gasteiger partial charge is 0.482 e. The molecule has 3 heterocycles. The number of nitrogens with one attached hydrogen (secondary N) is 2. The van der Waals surface area contributed by atoms with Gasteiger partial charge in [-0.15, -0.1) is 11.3 Å². The van der Waals surface area contributed by atoms with Gasteiger partial charge in [0.2, 0.25) is 5.91 Å². The van der Waals surface area contributed by atoms with E-state index in [2.05, 4.69) is 29.5 Å². The molecule has 1 aromatic heterocycles. The summed E-state index contributed by atoms with van der Waals surface area (Å²) in [6.45, 7) is 7.16. The van der Waals surface area contributed by atoms with Gasteiger partial charge < -0.3 is 44.2 Å². The number of carbonyl (C=O) groups excluding carboxylic acids is 4. The summed E-state index contributed by atoms with van der Waals surface area (Å²) in [5.74, 6) is -8.52. The van der Waals surface area contributed by atoms with Crippen LogP contribution in [-0.4, -0.2) is 134 Å². The molecule has 2 aliphatic heterocycles. The molecule has 2 aromatic carbocycles. The molecule has 8 rings (SSSR count). The number of carboxylic acids is 1. The maximum absolute atomic E-state index is 15.8. The van der Waals surface area contributed by atoms with Gasteiger partial charge in [-0.3, -0.25) is 24.2 Å². The lowest BCUT2D eigenvalue weighted by atomic mass is 9.43. The van der Waals surface area contributed by atoms with Gasteiger partial charge >= 0.3 is 30.9 Å². The zero-order chi connectivity index (χ0) is 46.4. The number of ether oxygens (including phenoxy) is 3. The van der Waals surface area contributed by atoms with E-state index in [1.54, 1.807) is 6.20 Å². The van der Waals surface area contributed by atoms with Gasteiger partial charge in [0, 0.05) is 43.3 Å². The number of carboxylic acid groups (broad SMARTS) is 1. The topological polar surface area (TPSA) is 198 Å². The van der Waals surface area contributed by atoms with Gasteiger partial charge in [-0.1, -0.05) is 31.5 Å². The summed E-state index contributed by atoms with van der Waals surface area (Å²) in [4.78, 5) is 76.3. The molecule has 17 nitrogen and oxygen atoms in total. The average molecular weight is 931 g/mol. The first kappa shape index (κ1) is 46.9. The Morgan fingerprint density at radius 2 is 1.77 bits per heavy atom. The van der Waals surface area contributed by atoms with E-state index in [-0.39, 0.29) is 71.1 Å². The Morgan fingerprint density at radius 3 is 2.41 bits per heavy atom. The number of rotatable bonds is 16. The molecule has 3 aromatic rings. The van der Waals surface area contributed by atoms with E-state index in [0.29, 0.717) is 30.3 Å². The summed E-state index contributed by atoms with van der Waals surface area (Å²) in [5, 5.41) is 17.7. The SMILES string of the molecule is COc1c(F)cc(C(NC(=O)N2CCN(CCN(C)Cc3nccs3)C(=O)C2=O)C(=O)NC(Cc2ccc(F)c(C(=O)O)c2OC)B2O[C@@H]3C[C@@H]4C[C@@H](C4(C)C)[C@]3(C)O2)c(Cl)c1OC. The monoisotopic (exact) mass is 930 g/mol. The van der Waals surface area contributed by atoms with E-state index in [1.165, 1.54) is 43.6 Å². The fraction of sp³-hybridized carbons (Fsp3) is 0.524. The summed E-state index contributed by atoms with van der Waals surface area (Å²) < 4.78 is 59.9. The Bertz CT molecular complexity index is 2330. The third-order valence-corrected chi connectivity index (χ3v) is 14.4. The number of likely N-dealkylation sites (N-methyl/N-ethyl adjacent to an activating group) is 1. The van der Waals surface area contributed by atoms with Crippen LogP contribution in [0.4, 0.5) is 13.6 Å². The maximum Gasteiger partial charge on any atom is 0.482 e. The molecule has 344 valence electrons.